The van der Waals surface area contributed by atoms with Crippen LogP contribution in [0.2, 0.25) is 0 Å². The summed E-state index contributed by atoms with van der Waals surface area (Å²) in [6, 6.07) is 0.518. The molecule has 0 fully saturated rings. The van der Waals surface area contributed by atoms with Crippen molar-refractivity contribution in [3.05, 3.63) is 4.88 Å². The van der Waals surface area contributed by atoms with Crippen LogP contribution in [-0.2, 0) is 6.54 Å². The third-order valence-electron chi connectivity index (χ3n) is 3.29. The van der Waals surface area contributed by atoms with E-state index in [-0.39, 0.29) is 0 Å². The van der Waals surface area contributed by atoms with Crippen LogP contribution < -0.4 is 15.0 Å². The average Bonchev–Trinajstić information content (AvgIpc) is 2.79. The standard InChI is InChI=1S/C14H27N3OS/c1-7-10(2)8-11(3)15-9-12-13(18-6)16-14(19-12)17(4)5/h10-11,15H,7-9H2,1-6H3. The number of nitrogens with one attached hydrogen (secondary N) is 1. The van der Waals surface area contributed by atoms with E-state index < -0.39 is 0 Å². The van der Waals surface area contributed by atoms with Gasteiger partial charge in [0.15, 0.2) is 5.13 Å². The predicted molar refractivity (Wildman–Crippen MR) is 83.4 cm³/mol. The molecule has 1 heterocycles. The number of ether oxygens (including phenoxy) is 1. The SMILES string of the molecule is CCC(C)CC(C)NCc1sc(N(C)C)nc1OC. The summed E-state index contributed by atoms with van der Waals surface area (Å²) >= 11 is 1.69. The van der Waals surface area contributed by atoms with Gasteiger partial charge in [0.05, 0.1) is 12.0 Å². The maximum Gasteiger partial charge on any atom is 0.230 e. The highest BCUT2D eigenvalue weighted by atomic mass is 32.1. The third-order valence-corrected chi connectivity index (χ3v) is 4.49. The lowest BCUT2D eigenvalue weighted by molar-refractivity contribution is 0.386. The lowest BCUT2D eigenvalue weighted by atomic mass is 10.0. The van der Waals surface area contributed by atoms with Crippen molar-refractivity contribution < 1.29 is 4.74 Å². The zero-order valence-electron chi connectivity index (χ0n) is 13.0. The molecule has 19 heavy (non-hydrogen) atoms. The number of methoxy groups -OCH3 is 1. The molecular formula is C14H27N3OS. The van der Waals surface area contributed by atoms with Gasteiger partial charge in [0.25, 0.3) is 0 Å². The molecule has 0 saturated heterocycles. The summed E-state index contributed by atoms with van der Waals surface area (Å²) in [7, 11) is 5.68. The quantitative estimate of drug-likeness (QED) is 0.796. The number of anilines is 1. The molecule has 2 unspecified atom stereocenters. The summed E-state index contributed by atoms with van der Waals surface area (Å²) in [4.78, 5) is 7.65. The number of hydrogen-bond acceptors (Lipinski definition) is 5. The highest BCUT2D eigenvalue weighted by Gasteiger charge is 2.14. The van der Waals surface area contributed by atoms with Crippen molar-refractivity contribution >= 4 is 16.5 Å². The van der Waals surface area contributed by atoms with Crippen molar-refractivity contribution in [3.63, 3.8) is 0 Å². The van der Waals surface area contributed by atoms with Crippen molar-refractivity contribution in [2.24, 2.45) is 5.92 Å². The van der Waals surface area contributed by atoms with Gasteiger partial charge in [0, 0.05) is 26.7 Å². The first-order valence-corrected chi connectivity index (χ1v) is 7.73. The minimum atomic E-state index is 0.518. The molecule has 5 heteroatoms. The van der Waals surface area contributed by atoms with Crippen molar-refractivity contribution in [1.82, 2.24) is 10.3 Å². The Morgan fingerprint density at radius 1 is 1.37 bits per heavy atom. The molecule has 0 aliphatic carbocycles. The Labute approximate surface area is 121 Å². The molecule has 0 aliphatic rings. The molecule has 110 valence electrons. The lowest BCUT2D eigenvalue weighted by Gasteiger charge is -2.17. The molecule has 0 spiro atoms. The van der Waals surface area contributed by atoms with Crippen LogP contribution in [0.5, 0.6) is 5.88 Å². The normalized spacial score (nSPS) is 14.2. The van der Waals surface area contributed by atoms with Crippen LogP contribution in [0.15, 0.2) is 0 Å². The van der Waals surface area contributed by atoms with E-state index in [4.69, 9.17) is 4.74 Å². The van der Waals surface area contributed by atoms with Crippen LogP contribution in [0.3, 0.4) is 0 Å². The molecule has 4 nitrogen and oxygen atoms in total. The molecule has 1 aromatic heterocycles. The zero-order chi connectivity index (χ0) is 14.4. The summed E-state index contributed by atoms with van der Waals surface area (Å²) in [5.41, 5.74) is 0. The molecular weight excluding hydrogens is 258 g/mol. The predicted octanol–water partition coefficient (Wildman–Crippen LogP) is 3.13. The first-order chi connectivity index (χ1) is 8.97. The zero-order valence-corrected chi connectivity index (χ0v) is 13.8. The van der Waals surface area contributed by atoms with Gasteiger partial charge in [-0.05, 0) is 19.3 Å². The van der Waals surface area contributed by atoms with Gasteiger partial charge in [-0.15, -0.1) is 0 Å². The van der Waals surface area contributed by atoms with E-state index in [2.05, 4.69) is 31.1 Å². The Kier molecular flexibility index (Phi) is 6.58. The van der Waals surface area contributed by atoms with E-state index in [9.17, 15) is 0 Å². The summed E-state index contributed by atoms with van der Waals surface area (Å²) in [6.45, 7) is 7.61. The van der Waals surface area contributed by atoms with Crippen LogP contribution in [0.25, 0.3) is 0 Å². The van der Waals surface area contributed by atoms with Crippen molar-refractivity contribution in [3.8, 4) is 5.88 Å². The van der Waals surface area contributed by atoms with Gasteiger partial charge >= 0.3 is 0 Å². The second-order valence-electron chi connectivity index (χ2n) is 5.35. The van der Waals surface area contributed by atoms with Crippen LogP contribution in [0.1, 0.15) is 38.5 Å². The van der Waals surface area contributed by atoms with E-state index in [0.717, 1.165) is 23.5 Å². The van der Waals surface area contributed by atoms with Crippen molar-refractivity contribution in [2.75, 3.05) is 26.1 Å². The smallest absolute Gasteiger partial charge is 0.230 e. The Morgan fingerprint density at radius 2 is 2.05 bits per heavy atom. The summed E-state index contributed by atoms with van der Waals surface area (Å²) in [6.07, 6.45) is 2.44. The van der Waals surface area contributed by atoms with Gasteiger partial charge in [0.1, 0.15) is 0 Å². The van der Waals surface area contributed by atoms with Crippen molar-refractivity contribution in [1.29, 1.82) is 0 Å². The Balaban J connectivity index is 2.56. The molecule has 0 amide bonds. The van der Waals surface area contributed by atoms with Crippen molar-refractivity contribution in [2.45, 2.75) is 46.2 Å². The number of thiazole rings is 1. The van der Waals surface area contributed by atoms with Gasteiger partial charge in [-0.1, -0.05) is 31.6 Å². The first kappa shape index (κ1) is 16.2. The highest BCUT2D eigenvalue weighted by molar-refractivity contribution is 7.15. The Bertz CT molecular complexity index is 379. The van der Waals surface area contributed by atoms with Crippen LogP contribution >= 0.6 is 11.3 Å². The molecule has 0 saturated carbocycles. The fraction of sp³-hybridized carbons (Fsp3) is 0.786. The van der Waals surface area contributed by atoms with Gasteiger partial charge in [0.2, 0.25) is 5.88 Å². The third kappa shape index (κ3) is 4.99. The summed E-state index contributed by atoms with van der Waals surface area (Å²) in [5, 5.41) is 4.55. The van der Waals surface area contributed by atoms with E-state index >= 15 is 0 Å². The molecule has 1 N–H and O–H groups in total. The Hall–Kier alpha value is -0.810. The van der Waals surface area contributed by atoms with E-state index in [0.29, 0.717) is 6.04 Å². The van der Waals surface area contributed by atoms with E-state index in [1.807, 2.05) is 19.0 Å². The minimum absolute atomic E-state index is 0.518. The minimum Gasteiger partial charge on any atom is -0.480 e. The lowest BCUT2D eigenvalue weighted by Crippen LogP contribution is -2.27. The van der Waals surface area contributed by atoms with Crippen LogP contribution in [0.4, 0.5) is 5.13 Å². The van der Waals surface area contributed by atoms with Crippen LogP contribution in [-0.4, -0.2) is 32.2 Å². The number of hydrogen-bond donors (Lipinski definition) is 1. The number of aromatic nitrogens is 1. The molecule has 0 aromatic carbocycles. The first-order valence-electron chi connectivity index (χ1n) is 6.92. The second-order valence-corrected chi connectivity index (χ2v) is 6.42. The Morgan fingerprint density at radius 3 is 2.58 bits per heavy atom. The molecule has 0 radical (unpaired) electrons. The molecule has 0 bridgehead atoms. The fourth-order valence-electron chi connectivity index (χ4n) is 1.91. The van der Waals surface area contributed by atoms with Gasteiger partial charge in [-0.25, -0.2) is 0 Å². The molecule has 1 aromatic rings. The average molecular weight is 285 g/mol. The molecule has 1 rings (SSSR count). The monoisotopic (exact) mass is 285 g/mol. The summed E-state index contributed by atoms with van der Waals surface area (Å²) in [5.74, 6) is 1.51. The fourth-order valence-corrected chi connectivity index (χ4v) is 2.81. The number of nitrogens with zero attached hydrogens (tertiary/aromatic N) is 2. The molecule has 0 aliphatic heterocycles. The van der Waals surface area contributed by atoms with Gasteiger partial charge in [-0.2, -0.15) is 4.98 Å². The number of rotatable bonds is 8. The maximum atomic E-state index is 5.34. The van der Waals surface area contributed by atoms with Gasteiger partial charge in [-0.3, -0.25) is 0 Å². The highest BCUT2D eigenvalue weighted by Crippen LogP contribution is 2.30. The van der Waals surface area contributed by atoms with E-state index in [1.165, 1.54) is 17.7 Å². The van der Waals surface area contributed by atoms with Crippen LogP contribution in [0, 0.1) is 5.92 Å². The largest absolute Gasteiger partial charge is 0.480 e. The second kappa shape index (κ2) is 7.70. The van der Waals surface area contributed by atoms with E-state index in [1.54, 1.807) is 18.4 Å². The molecule has 2 atom stereocenters. The topological polar surface area (TPSA) is 37.4 Å². The maximum absolute atomic E-state index is 5.34. The summed E-state index contributed by atoms with van der Waals surface area (Å²) < 4.78 is 5.34. The van der Waals surface area contributed by atoms with Gasteiger partial charge < -0.3 is 15.0 Å².